The molecule has 0 unspecified atom stereocenters. The van der Waals surface area contributed by atoms with Crippen LogP contribution in [0.2, 0.25) is 0 Å². The fourth-order valence-electron chi connectivity index (χ4n) is 2.60. The van der Waals surface area contributed by atoms with Gasteiger partial charge in [0.15, 0.2) is 5.96 Å². The molecule has 21 heavy (non-hydrogen) atoms. The topological polar surface area (TPSA) is 49.3 Å². The molecule has 1 saturated carbocycles. The molecule has 0 amide bonds. The van der Waals surface area contributed by atoms with E-state index in [-0.39, 0.29) is 24.0 Å². The normalized spacial score (nSPS) is 16.9. The fourth-order valence-corrected chi connectivity index (χ4v) is 3.47. The molecule has 0 spiro atoms. The molecular weight excluding hydrogens is 395 g/mol. The standard InChI is InChI=1S/C15H26N4S.HI/c1-5-15(7-6-8-15)10-18-14(16-4)17-9-13-19-11(2)12(3)20-13;/h5-10H2,1-4H3,(H2,16,17,18);1H. The first-order chi connectivity index (χ1) is 9.58. The Hall–Kier alpha value is -0.370. The van der Waals surface area contributed by atoms with Crippen LogP contribution in [0.3, 0.4) is 0 Å². The third-order valence-electron chi connectivity index (χ3n) is 4.50. The van der Waals surface area contributed by atoms with Crippen molar-refractivity contribution in [3.05, 3.63) is 15.6 Å². The van der Waals surface area contributed by atoms with Crippen LogP contribution in [0.4, 0.5) is 0 Å². The maximum Gasteiger partial charge on any atom is 0.191 e. The molecular formula is C15H27IN4S. The van der Waals surface area contributed by atoms with Gasteiger partial charge in [-0.05, 0) is 38.5 Å². The Balaban J connectivity index is 0.00000220. The number of nitrogens with zero attached hydrogens (tertiary/aromatic N) is 2. The van der Waals surface area contributed by atoms with Crippen LogP contribution in [-0.2, 0) is 6.54 Å². The quantitative estimate of drug-likeness (QED) is 0.433. The van der Waals surface area contributed by atoms with Crippen molar-refractivity contribution in [3.63, 3.8) is 0 Å². The lowest BCUT2D eigenvalue weighted by Gasteiger charge is -2.41. The van der Waals surface area contributed by atoms with Crippen molar-refractivity contribution in [2.45, 2.75) is 53.0 Å². The van der Waals surface area contributed by atoms with Gasteiger partial charge in [-0.15, -0.1) is 35.3 Å². The molecule has 0 saturated heterocycles. The van der Waals surface area contributed by atoms with Crippen LogP contribution in [0.5, 0.6) is 0 Å². The minimum absolute atomic E-state index is 0. The fraction of sp³-hybridized carbons (Fsp3) is 0.733. The van der Waals surface area contributed by atoms with Crippen molar-refractivity contribution in [2.24, 2.45) is 10.4 Å². The Morgan fingerprint density at radius 2 is 2.05 bits per heavy atom. The third-order valence-corrected chi connectivity index (χ3v) is 5.57. The Labute approximate surface area is 149 Å². The van der Waals surface area contributed by atoms with Gasteiger partial charge in [-0.1, -0.05) is 13.3 Å². The second-order valence-corrected chi connectivity index (χ2v) is 7.02. The molecule has 1 aliphatic carbocycles. The summed E-state index contributed by atoms with van der Waals surface area (Å²) in [6, 6.07) is 0. The number of aryl methyl sites for hydroxylation is 2. The van der Waals surface area contributed by atoms with Crippen molar-refractivity contribution < 1.29 is 0 Å². The third kappa shape index (κ3) is 4.81. The highest BCUT2D eigenvalue weighted by molar-refractivity contribution is 14.0. The number of aliphatic imine (C=N–C) groups is 1. The van der Waals surface area contributed by atoms with Crippen molar-refractivity contribution >= 4 is 41.3 Å². The highest BCUT2D eigenvalue weighted by atomic mass is 127. The van der Waals surface area contributed by atoms with Crippen molar-refractivity contribution in [2.75, 3.05) is 13.6 Å². The molecule has 0 aromatic carbocycles. The summed E-state index contributed by atoms with van der Waals surface area (Å²) in [5, 5.41) is 7.95. The van der Waals surface area contributed by atoms with E-state index in [1.807, 2.05) is 7.05 Å². The van der Waals surface area contributed by atoms with Gasteiger partial charge in [-0.25, -0.2) is 4.98 Å². The average Bonchev–Trinajstić information content (AvgIpc) is 2.71. The first-order valence-corrected chi connectivity index (χ1v) is 8.27. The summed E-state index contributed by atoms with van der Waals surface area (Å²) in [7, 11) is 1.83. The molecule has 1 aromatic rings. The van der Waals surface area contributed by atoms with Gasteiger partial charge in [-0.3, -0.25) is 4.99 Å². The van der Waals surface area contributed by atoms with Crippen LogP contribution in [0.1, 0.15) is 48.2 Å². The highest BCUT2D eigenvalue weighted by Gasteiger charge is 2.34. The van der Waals surface area contributed by atoms with Crippen LogP contribution in [0.15, 0.2) is 4.99 Å². The zero-order chi connectivity index (χ0) is 14.6. The maximum atomic E-state index is 4.54. The largest absolute Gasteiger partial charge is 0.356 e. The molecule has 1 heterocycles. The molecule has 2 rings (SSSR count). The lowest BCUT2D eigenvalue weighted by molar-refractivity contribution is 0.131. The molecule has 4 nitrogen and oxygen atoms in total. The van der Waals surface area contributed by atoms with Gasteiger partial charge in [0, 0.05) is 18.5 Å². The van der Waals surface area contributed by atoms with Gasteiger partial charge in [0.25, 0.3) is 0 Å². The number of halogens is 1. The highest BCUT2D eigenvalue weighted by Crippen LogP contribution is 2.42. The van der Waals surface area contributed by atoms with Gasteiger partial charge >= 0.3 is 0 Å². The summed E-state index contributed by atoms with van der Waals surface area (Å²) in [6.45, 7) is 8.24. The number of hydrogen-bond acceptors (Lipinski definition) is 3. The Morgan fingerprint density at radius 1 is 1.33 bits per heavy atom. The number of aromatic nitrogens is 1. The number of nitrogens with one attached hydrogen (secondary N) is 2. The number of hydrogen-bond donors (Lipinski definition) is 2. The van der Waals surface area contributed by atoms with Gasteiger partial charge < -0.3 is 10.6 Å². The average molecular weight is 422 g/mol. The van der Waals surface area contributed by atoms with E-state index in [1.165, 1.54) is 30.6 Å². The summed E-state index contributed by atoms with van der Waals surface area (Å²) in [5.74, 6) is 0.884. The lowest BCUT2D eigenvalue weighted by Crippen LogP contribution is -2.46. The van der Waals surface area contributed by atoms with Crippen LogP contribution >= 0.6 is 35.3 Å². The molecule has 0 aliphatic heterocycles. The van der Waals surface area contributed by atoms with E-state index in [2.05, 4.69) is 41.4 Å². The van der Waals surface area contributed by atoms with Crippen LogP contribution in [0.25, 0.3) is 0 Å². The lowest BCUT2D eigenvalue weighted by atomic mass is 9.67. The van der Waals surface area contributed by atoms with Gasteiger partial charge in [0.2, 0.25) is 0 Å². The van der Waals surface area contributed by atoms with Crippen LogP contribution < -0.4 is 10.6 Å². The van der Waals surface area contributed by atoms with E-state index in [9.17, 15) is 0 Å². The van der Waals surface area contributed by atoms with Crippen molar-refractivity contribution in [1.82, 2.24) is 15.6 Å². The Kier molecular flexibility index (Phi) is 7.39. The van der Waals surface area contributed by atoms with Crippen LogP contribution in [0, 0.1) is 19.3 Å². The molecule has 0 radical (unpaired) electrons. The van der Waals surface area contributed by atoms with Crippen molar-refractivity contribution in [1.29, 1.82) is 0 Å². The minimum Gasteiger partial charge on any atom is -0.356 e. The monoisotopic (exact) mass is 422 g/mol. The van der Waals surface area contributed by atoms with Crippen LogP contribution in [-0.4, -0.2) is 24.5 Å². The van der Waals surface area contributed by atoms with E-state index in [1.54, 1.807) is 11.3 Å². The zero-order valence-corrected chi connectivity index (χ0v) is 16.6. The summed E-state index contributed by atoms with van der Waals surface area (Å²) in [4.78, 5) is 10.1. The number of rotatable bonds is 5. The second-order valence-electron chi connectivity index (χ2n) is 5.74. The van der Waals surface area contributed by atoms with E-state index in [0.717, 1.165) is 29.8 Å². The molecule has 0 atom stereocenters. The van der Waals surface area contributed by atoms with E-state index < -0.39 is 0 Å². The molecule has 2 N–H and O–H groups in total. The van der Waals surface area contributed by atoms with E-state index in [4.69, 9.17) is 0 Å². The second kappa shape index (κ2) is 8.31. The van der Waals surface area contributed by atoms with Gasteiger partial charge in [-0.2, -0.15) is 0 Å². The SMILES string of the molecule is CCC1(CNC(=NC)NCc2nc(C)c(C)s2)CCC1.I. The molecule has 1 aliphatic rings. The zero-order valence-electron chi connectivity index (χ0n) is 13.5. The minimum atomic E-state index is 0. The predicted molar refractivity (Wildman–Crippen MR) is 102 cm³/mol. The summed E-state index contributed by atoms with van der Waals surface area (Å²) in [6.07, 6.45) is 5.32. The summed E-state index contributed by atoms with van der Waals surface area (Å²) < 4.78 is 0. The van der Waals surface area contributed by atoms with E-state index in [0.29, 0.717) is 5.41 Å². The number of thiazole rings is 1. The molecule has 6 heteroatoms. The van der Waals surface area contributed by atoms with Gasteiger partial charge in [0.1, 0.15) is 5.01 Å². The van der Waals surface area contributed by atoms with Gasteiger partial charge in [0.05, 0.1) is 12.2 Å². The number of guanidine groups is 1. The Morgan fingerprint density at radius 3 is 2.48 bits per heavy atom. The molecule has 1 fully saturated rings. The predicted octanol–water partition coefficient (Wildman–Crippen LogP) is 3.62. The first-order valence-electron chi connectivity index (χ1n) is 7.46. The molecule has 0 bridgehead atoms. The maximum absolute atomic E-state index is 4.54. The molecule has 1 aromatic heterocycles. The first kappa shape index (κ1) is 18.7. The smallest absolute Gasteiger partial charge is 0.191 e. The molecule has 120 valence electrons. The summed E-state index contributed by atoms with van der Waals surface area (Å²) >= 11 is 1.75. The van der Waals surface area contributed by atoms with E-state index >= 15 is 0 Å². The van der Waals surface area contributed by atoms with Crippen molar-refractivity contribution in [3.8, 4) is 0 Å². The Bertz CT molecular complexity index is 455. The summed E-state index contributed by atoms with van der Waals surface area (Å²) in [5.41, 5.74) is 1.64.